The SMILES string of the molecule is CCCS(=O)(=O)Nc1cccc(NC(=O)c2ccc(COc3ccccc3)cc2)c1C. The van der Waals surface area contributed by atoms with Crippen LogP contribution in [0.25, 0.3) is 0 Å². The minimum absolute atomic E-state index is 0.0450. The number of nitrogens with one attached hydrogen (secondary N) is 2. The van der Waals surface area contributed by atoms with Crippen molar-refractivity contribution in [2.45, 2.75) is 26.9 Å². The number of carbonyl (C=O) groups is 1. The molecule has 1 amide bonds. The fourth-order valence-electron chi connectivity index (χ4n) is 3.00. The Morgan fingerprint density at radius 1 is 0.903 bits per heavy atom. The molecule has 0 atom stereocenters. The lowest BCUT2D eigenvalue weighted by atomic mass is 10.1. The summed E-state index contributed by atoms with van der Waals surface area (Å²) < 4.78 is 32.4. The van der Waals surface area contributed by atoms with E-state index in [-0.39, 0.29) is 11.7 Å². The van der Waals surface area contributed by atoms with Gasteiger partial charge in [-0.15, -0.1) is 0 Å². The zero-order valence-corrected chi connectivity index (χ0v) is 18.4. The van der Waals surface area contributed by atoms with Gasteiger partial charge in [-0.05, 0) is 60.9 Å². The van der Waals surface area contributed by atoms with Crippen LogP contribution in [0.4, 0.5) is 11.4 Å². The topological polar surface area (TPSA) is 84.5 Å². The smallest absolute Gasteiger partial charge is 0.255 e. The van der Waals surface area contributed by atoms with Gasteiger partial charge in [-0.25, -0.2) is 8.42 Å². The minimum atomic E-state index is -3.41. The van der Waals surface area contributed by atoms with Crippen LogP contribution in [-0.4, -0.2) is 20.1 Å². The van der Waals surface area contributed by atoms with E-state index in [9.17, 15) is 13.2 Å². The van der Waals surface area contributed by atoms with Gasteiger partial charge in [0.05, 0.1) is 11.4 Å². The van der Waals surface area contributed by atoms with Crippen LogP contribution < -0.4 is 14.8 Å². The third-order valence-corrected chi connectivity index (χ3v) is 6.16. The lowest BCUT2D eigenvalue weighted by molar-refractivity contribution is 0.102. The second-order valence-electron chi connectivity index (χ2n) is 7.15. The first-order valence-electron chi connectivity index (χ1n) is 10.1. The molecule has 0 saturated heterocycles. The Morgan fingerprint density at radius 3 is 2.26 bits per heavy atom. The summed E-state index contributed by atoms with van der Waals surface area (Å²) in [6, 6.07) is 21.8. The molecule has 0 aliphatic carbocycles. The maximum absolute atomic E-state index is 12.7. The van der Waals surface area contributed by atoms with Crippen LogP contribution in [0.1, 0.15) is 34.8 Å². The molecule has 0 aliphatic rings. The number of hydrogen-bond acceptors (Lipinski definition) is 4. The number of para-hydroxylation sites is 1. The number of carbonyl (C=O) groups excluding carboxylic acids is 1. The average molecular weight is 439 g/mol. The van der Waals surface area contributed by atoms with E-state index >= 15 is 0 Å². The van der Waals surface area contributed by atoms with Gasteiger partial charge in [0.1, 0.15) is 12.4 Å². The second kappa shape index (κ2) is 10.1. The Bertz CT molecular complexity index is 1130. The van der Waals surface area contributed by atoms with Crippen LogP contribution in [0.5, 0.6) is 5.75 Å². The molecule has 0 unspecified atom stereocenters. The number of ether oxygens (including phenoxy) is 1. The summed E-state index contributed by atoms with van der Waals surface area (Å²) in [4.78, 5) is 12.7. The highest BCUT2D eigenvalue weighted by atomic mass is 32.2. The van der Waals surface area contributed by atoms with Crippen molar-refractivity contribution in [3.05, 3.63) is 89.5 Å². The van der Waals surface area contributed by atoms with Crippen LogP contribution in [0.2, 0.25) is 0 Å². The van der Waals surface area contributed by atoms with Crippen LogP contribution >= 0.6 is 0 Å². The Balaban J connectivity index is 1.65. The molecule has 31 heavy (non-hydrogen) atoms. The van der Waals surface area contributed by atoms with E-state index in [0.717, 1.165) is 11.3 Å². The lowest BCUT2D eigenvalue weighted by Crippen LogP contribution is -2.18. The van der Waals surface area contributed by atoms with E-state index in [1.54, 1.807) is 37.3 Å². The number of rotatable bonds is 9. The first-order valence-corrected chi connectivity index (χ1v) is 11.7. The van der Waals surface area contributed by atoms with Crippen molar-refractivity contribution in [1.29, 1.82) is 0 Å². The Morgan fingerprint density at radius 2 is 1.58 bits per heavy atom. The summed E-state index contributed by atoms with van der Waals surface area (Å²) in [6.07, 6.45) is 0.525. The molecule has 6 nitrogen and oxygen atoms in total. The monoisotopic (exact) mass is 438 g/mol. The van der Waals surface area contributed by atoms with Gasteiger partial charge in [0.15, 0.2) is 0 Å². The van der Waals surface area contributed by atoms with Crippen LogP contribution in [0, 0.1) is 6.92 Å². The fourth-order valence-corrected chi connectivity index (χ4v) is 4.19. The normalized spacial score (nSPS) is 11.0. The highest BCUT2D eigenvalue weighted by Crippen LogP contribution is 2.25. The number of sulfonamides is 1. The van der Waals surface area contributed by atoms with Gasteiger partial charge in [-0.1, -0.05) is 43.3 Å². The van der Waals surface area contributed by atoms with Crippen molar-refractivity contribution in [3.8, 4) is 5.75 Å². The molecule has 7 heteroatoms. The molecule has 0 aliphatic heterocycles. The third kappa shape index (κ3) is 6.33. The molecule has 0 radical (unpaired) electrons. The van der Waals surface area contributed by atoms with Crippen molar-refractivity contribution in [1.82, 2.24) is 0 Å². The summed E-state index contributed by atoms with van der Waals surface area (Å²) >= 11 is 0. The molecular weight excluding hydrogens is 412 g/mol. The molecule has 0 saturated carbocycles. The van der Waals surface area contributed by atoms with Gasteiger partial charge in [0, 0.05) is 11.3 Å². The van der Waals surface area contributed by atoms with Gasteiger partial charge in [0.25, 0.3) is 5.91 Å². The molecule has 0 bridgehead atoms. The molecule has 3 rings (SSSR count). The van der Waals surface area contributed by atoms with Gasteiger partial charge in [-0.3, -0.25) is 9.52 Å². The van der Waals surface area contributed by atoms with Crippen molar-refractivity contribution in [3.63, 3.8) is 0 Å². The second-order valence-corrected chi connectivity index (χ2v) is 8.99. The van der Waals surface area contributed by atoms with Crippen LogP contribution in [0.3, 0.4) is 0 Å². The molecule has 3 aromatic carbocycles. The van der Waals surface area contributed by atoms with Gasteiger partial charge in [-0.2, -0.15) is 0 Å². The number of anilines is 2. The zero-order valence-electron chi connectivity index (χ0n) is 17.6. The summed E-state index contributed by atoms with van der Waals surface area (Å²) in [5, 5.41) is 2.86. The maximum Gasteiger partial charge on any atom is 0.255 e. The van der Waals surface area contributed by atoms with E-state index in [0.29, 0.717) is 35.5 Å². The Hall–Kier alpha value is -3.32. The maximum atomic E-state index is 12.7. The standard InChI is InChI=1S/C24H26N2O4S/c1-3-16-31(28,29)26-23-11-7-10-22(18(23)2)25-24(27)20-14-12-19(13-15-20)17-30-21-8-5-4-6-9-21/h4-15,26H,3,16-17H2,1-2H3,(H,25,27). The van der Waals surface area contributed by atoms with Gasteiger partial charge >= 0.3 is 0 Å². The minimum Gasteiger partial charge on any atom is -0.489 e. The third-order valence-electron chi connectivity index (χ3n) is 4.69. The molecule has 2 N–H and O–H groups in total. The molecular formula is C24H26N2O4S. The summed E-state index contributed by atoms with van der Waals surface area (Å²) in [6.45, 7) is 3.98. The van der Waals surface area contributed by atoms with Crippen molar-refractivity contribution < 1.29 is 17.9 Å². The average Bonchev–Trinajstić information content (AvgIpc) is 2.76. The fraction of sp³-hybridized carbons (Fsp3) is 0.208. The first kappa shape index (κ1) is 22.4. The molecule has 0 heterocycles. The largest absolute Gasteiger partial charge is 0.489 e. The van der Waals surface area contributed by atoms with Gasteiger partial charge < -0.3 is 10.1 Å². The highest BCUT2D eigenvalue weighted by molar-refractivity contribution is 7.92. The number of hydrogen-bond donors (Lipinski definition) is 2. The predicted octanol–water partition coefficient (Wildman–Crippen LogP) is 4.98. The summed E-state index contributed by atoms with van der Waals surface area (Å²) in [5.41, 5.74) is 3.12. The predicted molar refractivity (Wildman–Crippen MR) is 124 cm³/mol. The highest BCUT2D eigenvalue weighted by Gasteiger charge is 2.14. The quantitative estimate of drug-likeness (QED) is 0.494. The van der Waals surface area contributed by atoms with Crippen LogP contribution in [0.15, 0.2) is 72.8 Å². The summed E-state index contributed by atoms with van der Waals surface area (Å²) in [7, 11) is -3.41. The molecule has 0 spiro atoms. The van der Waals surface area contributed by atoms with Crippen LogP contribution in [-0.2, 0) is 16.6 Å². The molecule has 3 aromatic rings. The lowest BCUT2D eigenvalue weighted by Gasteiger charge is -2.14. The van der Waals surface area contributed by atoms with Crippen molar-refractivity contribution in [2.75, 3.05) is 15.8 Å². The Labute approximate surface area is 183 Å². The van der Waals surface area contributed by atoms with Gasteiger partial charge in [0.2, 0.25) is 10.0 Å². The zero-order chi connectivity index (χ0) is 22.3. The van der Waals surface area contributed by atoms with E-state index < -0.39 is 10.0 Å². The molecule has 162 valence electrons. The van der Waals surface area contributed by atoms with Crippen molar-refractivity contribution in [2.24, 2.45) is 0 Å². The molecule has 0 aromatic heterocycles. The van der Waals surface area contributed by atoms with Crippen molar-refractivity contribution >= 4 is 27.3 Å². The first-order chi connectivity index (χ1) is 14.9. The van der Waals surface area contributed by atoms with E-state index in [2.05, 4.69) is 10.0 Å². The molecule has 0 fully saturated rings. The van der Waals surface area contributed by atoms with E-state index in [1.165, 1.54) is 0 Å². The summed E-state index contributed by atoms with van der Waals surface area (Å²) in [5.74, 6) is 0.560. The van der Waals surface area contributed by atoms with E-state index in [4.69, 9.17) is 4.74 Å². The Kier molecular flexibility index (Phi) is 7.31. The number of benzene rings is 3. The van der Waals surface area contributed by atoms with E-state index in [1.807, 2.05) is 49.4 Å². The number of amides is 1.